The molecule has 0 aliphatic rings. The molecule has 73 heavy (non-hydrogen) atoms. The van der Waals surface area contributed by atoms with Gasteiger partial charge in [-0.2, -0.15) is 0 Å². The van der Waals surface area contributed by atoms with Gasteiger partial charge in [-0.3, -0.25) is 57.5 Å². The highest BCUT2D eigenvalue weighted by molar-refractivity contribution is 6.10. The molecule has 0 aromatic heterocycles. The van der Waals surface area contributed by atoms with Gasteiger partial charge < -0.3 is 62.2 Å². The lowest BCUT2D eigenvalue weighted by Gasteiger charge is -2.12. The predicted octanol–water partition coefficient (Wildman–Crippen LogP) is -0.656. The highest BCUT2D eigenvalue weighted by atomic mass is 16.5. The summed E-state index contributed by atoms with van der Waals surface area (Å²) < 4.78 is 10.2. The van der Waals surface area contributed by atoms with Crippen molar-refractivity contribution in [3.63, 3.8) is 0 Å². The molecule has 0 radical (unpaired) electrons. The minimum atomic E-state index is -0.429. The zero-order valence-electron chi connectivity index (χ0n) is 42.1. The molecule has 10 N–H and O–H groups in total. The number of ether oxygens (including phenoxy) is 2. The van der Waals surface area contributed by atoms with Crippen molar-refractivity contribution in [3.05, 3.63) is 0 Å². The Morgan fingerprint density at radius 2 is 0.575 bits per heavy atom. The third-order valence-electron chi connectivity index (χ3n) is 6.39. The second kappa shape index (κ2) is 112. The van der Waals surface area contributed by atoms with E-state index in [-0.39, 0.29) is 110 Å². The molecule has 0 heterocycles. The van der Waals surface area contributed by atoms with Crippen LogP contribution in [0.4, 0.5) is 9.59 Å². The summed E-state index contributed by atoms with van der Waals surface area (Å²) in [6, 6.07) is -0.279. The lowest BCUT2D eigenvalue weighted by molar-refractivity contribution is -0.122. The summed E-state index contributed by atoms with van der Waals surface area (Å²) in [5, 5.41) is 42.7. The van der Waals surface area contributed by atoms with Gasteiger partial charge in [0.2, 0.25) is 0 Å². The van der Waals surface area contributed by atoms with Crippen molar-refractivity contribution in [2.45, 2.75) is 115 Å². The first-order valence-corrected chi connectivity index (χ1v) is 22.5. The third-order valence-corrected chi connectivity index (χ3v) is 6.39. The van der Waals surface area contributed by atoms with Crippen molar-refractivity contribution >= 4 is 87.5 Å². The molecule has 2 atom stereocenters. The van der Waals surface area contributed by atoms with E-state index in [0.29, 0.717) is 65.7 Å². The van der Waals surface area contributed by atoms with Gasteiger partial charge in [0.15, 0.2) is 75.4 Å². The molecule has 0 bridgehead atoms. The number of amides is 4. The molecule has 0 aliphatic heterocycles. The molecule has 0 aromatic rings. The van der Waals surface area contributed by atoms with Crippen molar-refractivity contribution in [3.8, 4) is 0 Å². The van der Waals surface area contributed by atoms with Crippen LogP contribution in [-0.4, -0.2) is 215 Å². The molecule has 0 saturated heterocycles. The molecule has 0 fully saturated rings. The molecule has 0 aliphatic carbocycles. The summed E-state index contributed by atoms with van der Waals surface area (Å²) in [5.74, 6) is 0. The molecule has 2 unspecified atom stereocenters. The minimum Gasteiger partial charge on any atom is -0.389 e. The van der Waals surface area contributed by atoms with Crippen LogP contribution in [0.2, 0.25) is 0 Å². The van der Waals surface area contributed by atoms with Gasteiger partial charge in [0.05, 0.1) is 25.4 Å². The predicted molar refractivity (Wildman–Crippen MR) is 283 cm³/mol. The Morgan fingerprint density at radius 3 is 0.767 bits per heavy atom. The minimum absolute atomic E-state index is 0. The van der Waals surface area contributed by atoms with Crippen LogP contribution in [0.5, 0.6) is 0 Å². The maximum atomic E-state index is 11.0. The van der Waals surface area contributed by atoms with Crippen molar-refractivity contribution in [1.82, 2.24) is 42.5 Å². The Balaban J connectivity index is -0.0000000625. The molecular formula is C47H98N8O18. The number of hydrogen-bond donors (Lipinski definition) is 10. The van der Waals surface area contributed by atoms with Crippen LogP contribution in [0, 0.1) is 0 Å². The van der Waals surface area contributed by atoms with Crippen molar-refractivity contribution in [2.24, 2.45) is 0 Å². The number of nitrogens with one attached hydrogen (secondary N) is 8. The Hall–Kier alpha value is -5.74. The smallest absolute Gasteiger partial charge is 0.314 e. The average molecular weight is 1060 g/mol. The van der Waals surface area contributed by atoms with E-state index in [9.17, 15) is 19.8 Å². The fourth-order valence-corrected chi connectivity index (χ4v) is 3.62. The summed E-state index contributed by atoms with van der Waals surface area (Å²) >= 11 is 0. The Labute approximate surface area is 435 Å². The maximum absolute atomic E-state index is 11.0. The van der Waals surface area contributed by atoms with E-state index in [2.05, 4.69) is 56.4 Å². The maximum Gasteiger partial charge on any atom is 0.314 e. The highest BCUT2D eigenvalue weighted by Crippen LogP contribution is 1.89. The van der Waals surface area contributed by atoms with Gasteiger partial charge in [-0.05, 0) is 105 Å². The average Bonchev–Trinajstić information content (AvgIpc) is 3.38. The quantitative estimate of drug-likeness (QED) is 0.0214. The second-order valence-corrected chi connectivity index (χ2v) is 12.1. The number of hydrogen-bond acceptors (Lipinski definition) is 22. The number of rotatable bonds is 35. The number of aldehydes is 12. The van der Waals surface area contributed by atoms with E-state index in [4.69, 9.17) is 67.0 Å². The van der Waals surface area contributed by atoms with E-state index in [1.165, 1.54) is 25.9 Å². The lowest BCUT2D eigenvalue weighted by Crippen LogP contribution is -2.37. The normalized spacial score (nSPS) is 9.04. The van der Waals surface area contributed by atoms with Gasteiger partial charge >= 0.3 is 12.1 Å². The number of carbonyl (C=O) groups excluding carboxylic acids is 14. The summed E-state index contributed by atoms with van der Waals surface area (Å²) in [5.41, 5.74) is 0. The largest absolute Gasteiger partial charge is 0.389 e. The molecule has 0 aromatic carbocycles. The van der Waals surface area contributed by atoms with Gasteiger partial charge in [0.25, 0.3) is 0 Å². The second-order valence-electron chi connectivity index (χ2n) is 12.1. The molecule has 0 rings (SSSR count). The molecule has 0 saturated carbocycles. The Bertz CT molecular complexity index is 986. The Morgan fingerprint density at radius 1 is 0.356 bits per heavy atom. The van der Waals surface area contributed by atoms with E-state index >= 15 is 0 Å². The van der Waals surface area contributed by atoms with Crippen molar-refractivity contribution in [1.29, 1.82) is 0 Å². The van der Waals surface area contributed by atoms with Gasteiger partial charge in [-0.1, -0.05) is 36.1 Å². The van der Waals surface area contributed by atoms with Gasteiger partial charge in [0, 0.05) is 52.5 Å². The Kier molecular flexibility index (Phi) is 148. The topological polar surface area (TPSA) is 394 Å². The van der Waals surface area contributed by atoms with Gasteiger partial charge in [-0.25, -0.2) is 9.59 Å². The van der Waals surface area contributed by atoms with Crippen LogP contribution < -0.4 is 42.5 Å². The van der Waals surface area contributed by atoms with E-state index in [1.54, 1.807) is 0 Å². The zero-order chi connectivity index (χ0) is 55.4. The number of unbranched alkanes of at least 4 members (excludes halogenated alkanes) is 3. The summed E-state index contributed by atoms with van der Waals surface area (Å²) in [6.07, 6.45) is 7.84. The number of urea groups is 2. The monoisotopic (exact) mass is 1060 g/mol. The fraction of sp³-hybridized carbons (Fsp3) is 0.702. The number of carbonyl (C=O) groups is 14. The van der Waals surface area contributed by atoms with Crippen molar-refractivity contribution < 1.29 is 86.8 Å². The first-order valence-electron chi connectivity index (χ1n) is 22.5. The van der Waals surface area contributed by atoms with Crippen molar-refractivity contribution in [2.75, 3.05) is 105 Å². The molecule has 26 heteroatoms. The molecule has 26 nitrogen and oxygen atoms in total. The van der Waals surface area contributed by atoms with Crippen LogP contribution >= 0.6 is 0 Å². The van der Waals surface area contributed by atoms with Crippen LogP contribution in [0.15, 0.2) is 0 Å². The zero-order valence-corrected chi connectivity index (χ0v) is 42.1. The molecule has 4 amide bonds. The van der Waals surface area contributed by atoms with Gasteiger partial charge in [-0.15, -0.1) is 0 Å². The first-order chi connectivity index (χ1) is 33.8. The van der Waals surface area contributed by atoms with Crippen LogP contribution in [0.1, 0.15) is 102 Å². The number of aliphatic hydroxyl groups excluding tert-OH is 2. The van der Waals surface area contributed by atoms with Crippen LogP contribution in [0.25, 0.3) is 0 Å². The highest BCUT2D eigenvalue weighted by Gasteiger charge is 2.04. The van der Waals surface area contributed by atoms with E-state index in [1.807, 2.05) is 27.7 Å². The van der Waals surface area contributed by atoms with E-state index in [0.717, 1.165) is 51.9 Å². The first kappa shape index (κ1) is 96.7. The van der Waals surface area contributed by atoms with Crippen LogP contribution in [0.3, 0.4) is 0 Å². The van der Waals surface area contributed by atoms with Gasteiger partial charge in [0.1, 0.15) is 0 Å². The SMILES string of the molecule is C.C.C.CCNC(=O)NCCCCNC(=O)NCC.CCNCCCCNCC.CCOCC(O)CNCCCCNCC(O)COCC.O=CC=O.O=CC=O.O=CC=O.O=CC=O.O=CC=O.O=CC=O. The lowest BCUT2D eigenvalue weighted by atomic mass is 10.3. The fourth-order valence-electron chi connectivity index (χ4n) is 3.62. The summed E-state index contributed by atoms with van der Waals surface area (Å²) in [7, 11) is 0. The summed E-state index contributed by atoms with van der Waals surface area (Å²) in [6.45, 7) is 23.9. The van der Waals surface area contributed by atoms with E-state index < -0.39 is 12.2 Å². The number of aliphatic hydroxyl groups is 2. The van der Waals surface area contributed by atoms with Crippen LogP contribution in [-0.2, 0) is 67.0 Å². The summed E-state index contributed by atoms with van der Waals surface area (Å²) in [4.78, 5) is 128. The standard InChI is InChI=1S/C14H32N2O4.C10H22N4O2.C8H20N2.6C2H2O2.3CH4/c1-3-19-11-13(17)9-15-7-5-6-8-16-10-14(18)12-20-4-2;1-3-11-9(15)13-7-5-6-8-14-10(16)12-4-2;1-3-9-7-5-6-8-10-4-2;6*3-1-2-4;;;/h13-18H,3-12H2,1-2H3;3-8H2,1-2H3,(H2,11,13,15)(H2,12,14,16);9-10H,3-8H2,1-2H3;6*1-2H;3*1H4. The third kappa shape index (κ3) is 161. The molecule has 434 valence electrons. The molecule has 0 spiro atoms. The molecular weight excluding hydrogens is 965 g/mol.